The molecule has 5 rings (SSSR count). The molecule has 0 radical (unpaired) electrons. The van der Waals surface area contributed by atoms with Crippen LogP contribution in [0.1, 0.15) is 24.0 Å². The molecule has 3 aliphatic rings. The van der Waals surface area contributed by atoms with Crippen molar-refractivity contribution in [1.82, 2.24) is 25.1 Å². The van der Waals surface area contributed by atoms with Crippen LogP contribution >= 0.6 is 0 Å². The topological polar surface area (TPSA) is 76.2 Å². The van der Waals surface area contributed by atoms with Crippen LogP contribution in [0.3, 0.4) is 0 Å². The first-order valence-corrected chi connectivity index (χ1v) is 13.1. The molecular formula is C30H32FN5O3. The summed E-state index contributed by atoms with van der Waals surface area (Å²) < 4.78 is 13.9. The van der Waals surface area contributed by atoms with E-state index in [0.29, 0.717) is 12.1 Å². The highest BCUT2D eigenvalue weighted by molar-refractivity contribution is 5.94. The van der Waals surface area contributed by atoms with Gasteiger partial charge in [0.15, 0.2) is 0 Å². The number of amides is 4. The van der Waals surface area contributed by atoms with Crippen molar-refractivity contribution < 1.29 is 18.8 Å². The van der Waals surface area contributed by atoms with Gasteiger partial charge in [0.25, 0.3) is 0 Å². The lowest BCUT2D eigenvalue weighted by Gasteiger charge is -2.46. The Morgan fingerprint density at radius 1 is 1.10 bits per heavy atom. The van der Waals surface area contributed by atoms with Gasteiger partial charge in [0, 0.05) is 13.1 Å². The van der Waals surface area contributed by atoms with Crippen molar-refractivity contribution in [2.75, 3.05) is 19.6 Å². The summed E-state index contributed by atoms with van der Waals surface area (Å²) in [6, 6.07) is 14.5. The first-order chi connectivity index (χ1) is 19.0. The number of carbonyl (C=O) groups is 3. The number of piperazine rings is 1. The zero-order valence-corrected chi connectivity index (χ0v) is 21.7. The molecule has 4 amide bonds. The maximum absolute atomic E-state index is 13.9. The van der Waals surface area contributed by atoms with Crippen molar-refractivity contribution >= 4 is 17.8 Å². The molecule has 2 aromatic carbocycles. The molecule has 1 unspecified atom stereocenters. The number of hydrogen-bond donors (Lipinski definition) is 1. The monoisotopic (exact) mass is 529 g/mol. The van der Waals surface area contributed by atoms with E-state index in [2.05, 4.69) is 11.9 Å². The predicted octanol–water partition coefficient (Wildman–Crippen LogP) is 3.60. The van der Waals surface area contributed by atoms with Gasteiger partial charge in [-0.15, -0.1) is 6.58 Å². The first kappa shape index (κ1) is 26.4. The quantitative estimate of drug-likeness (QED) is 0.531. The van der Waals surface area contributed by atoms with Gasteiger partial charge in [0.1, 0.15) is 18.0 Å². The van der Waals surface area contributed by atoms with Crippen LogP contribution in [0.25, 0.3) is 0 Å². The normalized spacial score (nSPS) is 21.0. The first-order valence-electron chi connectivity index (χ1n) is 13.1. The fraction of sp³-hybridized carbons (Fsp3) is 0.300. The second kappa shape index (κ2) is 11.7. The van der Waals surface area contributed by atoms with Crippen molar-refractivity contribution in [2.24, 2.45) is 0 Å². The van der Waals surface area contributed by atoms with Gasteiger partial charge in [-0.1, -0.05) is 66.8 Å². The minimum atomic E-state index is -0.815. The number of fused-ring (bicyclic) bond motifs is 1. The summed E-state index contributed by atoms with van der Waals surface area (Å²) in [6.07, 6.45) is 8.58. The Kier molecular flexibility index (Phi) is 7.88. The molecule has 1 aliphatic carbocycles. The zero-order valence-electron chi connectivity index (χ0n) is 21.7. The van der Waals surface area contributed by atoms with E-state index in [-0.39, 0.29) is 49.8 Å². The number of halogens is 1. The van der Waals surface area contributed by atoms with E-state index in [1.165, 1.54) is 17.1 Å². The van der Waals surface area contributed by atoms with Gasteiger partial charge in [-0.05, 0) is 41.7 Å². The standard InChI is InChI=1S/C30H32FN5O3/c1-2-16-34(30(39)32-18-22-10-5-3-6-11-22)35-21-27(37)36-26(35)20-33(19-23-12-9-15-25(31)17-23)29(38)28(36)24-13-7-4-8-14-24/h2-3,5-7,9-15,17,26,28H,1,4,8,16,18-21H2,(H,32,39)/t26?,28-/m0/s1. The van der Waals surface area contributed by atoms with Crippen LogP contribution < -0.4 is 5.32 Å². The van der Waals surface area contributed by atoms with E-state index in [4.69, 9.17) is 0 Å². The lowest BCUT2D eigenvalue weighted by atomic mass is 9.95. The Balaban J connectivity index is 1.44. The largest absolute Gasteiger partial charge is 0.333 e. The molecule has 39 heavy (non-hydrogen) atoms. The Labute approximate surface area is 227 Å². The van der Waals surface area contributed by atoms with Gasteiger partial charge < -0.3 is 15.1 Å². The number of nitrogens with zero attached hydrogens (tertiary/aromatic N) is 4. The number of hydrogen-bond acceptors (Lipinski definition) is 4. The highest BCUT2D eigenvalue weighted by atomic mass is 19.1. The van der Waals surface area contributed by atoms with E-state index in [0.717, 1.165) is 24.0 Å². The second-order valence-corrected chi connectivity index (χ2v) is 9.83. The van der Waals surface area contributed by atoms with Crippen LogP contribution in [0.15, 0.2) is 91.1 Å². The zero-order chi connectivity index (χ0) is 27.4. The molecule has 2 fully saturated rings. The van der Waals surface area contributed by atoms with Crippen LogP contribution in [-0.2, 0) is 22.7 Å². The third-order valence-electron chi connectivity index (χ3n) is 7.19. The lowest BCUT2D eigenvalue weighted by Crippen LogP contribution is -2.65. The van der Waals surface area contributed by atoms with E-state index in [1.807, 2.05) is 48.6 Å². The van der Waals surface area contributed by atoms with Crippen LogP contribution in [0, 0.1) is 5.82 Å². The SMILES string of the molecule is C=CCN(C(=O)NCc1ccccc1)N1CC(=O)N2C1CN(Cc1cccc(F)c1)C(=O)[C@@H]2C1=CCCC=C1. The molecule has 9 heteroatoms. The Morgan fingerprint density at radius 2 is 1.90 bits per heavy atom. The third kappa shape index (κ3) is 5.63. The summed E-state index contributed by atoms with van der Waals surface area (Å²) in [4.78, 5) is 43.9. The van der Waals surface area contributed by atoms with Crippen molar-refractivity contribution in [3.8, 4) is 0 Å². The van der Waals surface area contributed by atoms with E-state index in [9.17, 15) is 18.8 Å². The highest BCUT2D eigenvalue weighted by Crippen LogP contribution is 2.33. The molecule has 8 nitrogen and oxygen atoms in total. The molecule has 202 valence electrons. The number of urea groups is 1. The Hall–Kier alpha value is -4.24. The second-order valence-electron chi connectivity index (χ2n) is 9.83. The molecule has 2 aromatic rings. The van der Waals surface area contributed by atoms with Gasteiger partial charge in [-0.25, -0.2) is 9.18 Å². The van der Waals surface area contributed by atoms with Gasteiger partial charge in [-0.2, -0.15) is 5.01 Å². The number of allylic oxidation sites excluding steroid dienone is 2. The minimum absolute atomic E-state index is 0.0498. The Morgan fingerprint density at radius 3 is 2.62 bits per heavy atom. The summed E-state index contributed by atoms with van der Waals surface area (Å²) >= 11 is 0. The fourth-order valence-corrected chi connectivity index (χ4v) is 5.39. The number of nitrogens with one attached hydrogen (secondary N) is 1. The highest BCUT2D eigenvalue weighted by Gasteiger charge is 2.52. The van der Waals surface area contributed by atoms with Gasteiger partial charge in [0.2, 0.25) is 11.8 Å². The number of benzene rings is 2. The summed E-state index contributed by atoms with van der Waals surface area (Å²) in [5.74, 6) is -0.821. The van der Waals surface area contributed by atoms with Gasteiger partial charge >= 0.3 is 6.03 Å². The predicted molar refractivity (Wildman–Crippen MR) is 145 cm³/mol. The molecular weight excluding hydrogens is 497 g/mol. The average molecular weight is 530 g/mol. The van der Waals surface area contributed by atoms with E-state index in [1.54, 1.807) is 33.0 Å². The molecule has 1 N–H and O–H groups in total. The molecule has 2 aliphatic heterocycles. The van der Waals surface area contributed by atoms with E-state index < -0.39 is 12.2 Å². The van der Waals surface area contributed by atoms with Crippen molar-refractivity contribution in [1.29, 1.82) is 0 Å². The van der Waals surface area contributed by atoms with Crippen molar-refractivity contribution in [2.45, 2.75) is 38.1 Å². The van der Waals surface area contributed by atoms with E-state index >= 15 is 0 Å². The lowest BCUT2D eigenvalue weighted by molar-refractivity contribution is -0.154. The smallest absolute Gasteiger partial charge is 0.332 e. The molecule has 0 bridgehead atoms. The molecule has 0 saturated carbocycles. The minimum Gasteiger partial charge on any atom is -0.333 e. The molecule has 0 aromatic heterocycles. The summed E-state index contributed by atoms with van der Waals surface area (Å²) in [6.45, 7) is 4.64. The van der Waals surface area contributed by atoms with Crippen LogP contribution in [-0.4, -0.2) is 69.5 Å². The van der Waals surface area contributed by atoms with Gasteiger partial charge in [0.05, 0.1) is 19.6 Å². The third-order valence-corrected chi connectivity index (χ3v) is 7.19. The van der Waals surface area contributed by atoms with Crippen LogP contribution in [0.2, 0.25) is 0 Å². The Bertz CT molecular complexity index is 1310. The molecule has 2 heterocycles. The maximum Gasteiger partial charge on any atom is 0.332 e. The average Bonchev–Trinajstić information content (AvgIpc) is 3.27. The maximum atomic E-state index is 13.9. The van der Waals surface area contributed by atoms with Gasteiger partial charge in [-0.3, -0.25) is 14.6 Å². The summed E-state index contributed by atoms with van der Waals surface area (Å²) in [7, 11) is 0. The molecule has 2 saturated heterocycles. The molecule has 2 atom stereocenters. The summed E-state index contributed by atoms with van der Waals surface area (Å²) in [5.41, 5.74) is 2.37. The van der Waals surface area contributed by atoms with Crippen molar-refractivity contribution in [3.63, 3.8) is 0 Å². The summed E-state index contributed by atoms with van der Waals surface area (Å²) in [5, 5.41) is 6.14. The number of rotatable bonds is 8. The molecule has 0 spiro atoms. The van der Waals surface area contributed by atoms with Crippen LogP contribution in [0.4, 0.5) is 9.18 Å². The fourth-order valence-electron chi connectivity index (χ4n) is 5.39. The van der Waals surface area contributed by atoms with Crippen LogP contribution in [0.5, 0.6) is 0 Å². The number of carbonyl (C=O) groups excluding carboxylic acids is 3. The number of hydrazine groups is 1. The van der Waals surface area contributed by atoms with Crippen molar-refractivity contribution in [3.05, 3.63) is 108 Å².